The lowest BCUT2D eigenvalue weighted by molar-refractivity contribution is 0.171. The first kappa shape index (κ1) is 17.7. The summed E-state index contributed by atoms with van der Waals surface area (Å²) in [6.45, 7) is 2.44. The van der Waals surface area contributed by atoms with Gasteiger partial charge < -0.3 is 19.1 Å². The van der Waals surface area contributed by atoms with Gasteiger partial charge in [-0.2, -0.15) is 4.98 Å². The number of ether oxygens (including phenoxy) is 3. The Kier molecular flexibility index (Phi) is 4.65. The van der Waals surface area contributed by atoms with Gasteiger partial charge in [0.2, 0.25) is 0 Å². The molecule has 0 unspecified atom stereocenters. The highest BCUT2D eigenvalue weighted by atomic mass is 32.2. The molecule has 0 radical (unpaired) electrons. The Balaban J connectivity index is 1.66. The molecule has 0 aliphatic carbocycles. The molecule has 27 heavy (non-hydrogen) atoms. The first-order valence-corrected chi connectivity index (χ1v) is 10.1. The second-order valence-electron chi connectivity index (χ2n) is 6.20. The van der Waals surface area contributed by atoms with Crippen LogP contribution >= 0.6 is 0 Å². The third kappa shape index (κ3) is 3.57. The summed E-state index contributed by atoms with van der Waals surface area (Å²) in [5, 5.41) is 0. The van der Waals surface area contributed by atoms with Crippen molar-refractivity contribution >= 4 is 21.5 Å². The highest BCUT2D eigenvalue weighted by Crippen LogP contribution is 2.34. The number of fused-ring (bicyclic) bond motifs is 1. The SMILES string of the molecule is COc1ncc(NS(=O)(=O)c2ccc3c(c2)OCCO3)c(N2CCCC2)n1. The number of sulfonamides is 1. The predicted molar refractivity (Wildman–Crippen MR) is 98.3 cm³/mol. The second-order valence-corrected chi connectivity index (χ2v) is 7.88. The van der Waals surface area contributed by atoms with E-state index in [1.807, 2.05) is 4.90 Å². The van der Waals surface area contributed by atoms with E-state index in [-0.39, 0.29) is 10.9 Å². The molecule has 3 heterocycles. The van der Waals surface area contributed by atoms with E-state index < -0.39 is 10.0 Å². The van der Waals surface area contributed by atoms with Crippen molar-refractivity contribution in [3.8, 4) is 17.5 Å². The third-order valence-electron chi connectivity index (χ3n) is 4.40. The Hall–Kier alpha value is -2.75. The van der Waals surface area contributed by atoms with Crippen molar-refractivity contribution in [1.82, 2.24) is 9.97 Å². The van der Waals surface area contributed by atoms with Gasteiger partial charge in [-0.25, -0.2) is 13.4 Å². The fourth-order valence-corrected chi connectivity index (χ4v) is 4.15. The summed E-state index contributed by atoms with van der Waals surface area (Å²) in [6.07, 6.45) is 3.48. The Morgan fingerprint density at radius 1 is 1.15 bits per heavy atom. The Bertz CT molecular complexity index is 944. The second kappa shape index (κ2) is 7.10. The lowest BCUT2D eigenvalue weighted by Gasteiger charge is -2.21. The van der Waals surface area contributed by atoms with E-state index in [0.717, 1.165) is 25.9 Å². The molecule has 4 rings (SSSR count). The van der Waals surface area contributed by atoms with Crippen LogP contribution in [0.25, 0.3) is 0 Å². The number of aromatic nitrogens is 2. The van der Waals surface area contributed by atoms with Gasteiger partial charge in [-0.05, 0) is 25.0 Å². The normalized spacial score (nSPS) is 16.3. The molecule has 0 spiro atoms. The zero-order valence-electron chi connectivity index (χ0n) is 14.8. The quantitative estimate of drug-likeness (QED) is 0.819. The number of benzene rings is 1. The smallest absolute Gasteiger partial charge is 0.318 e. The summed E-state index contributed by atoms with van der Waals surface area (Å²) in [6, 6.07) is 4.72. The molecule has 2 aromatic rings. The van der Waals surface area contributed by atoms with Gasteiger partial charge in [0.05, 0.1) is 18.2 Å². The van der Waals surface area contributed by atoms with Crippen LogP contribution in [0.3, 0.4) is 0 Å². The van der Waals surface area contributed by atoms with Crippen molar-refractivity contribution in [2.75, 3.05) is 43.0 Å². The number of nitrogens with zero attached hydrogens (tertiary/aromatic N) is 3. The van der Waals surface area contributed by atoms with Gasteiger partial charge in [0.25, 0.3) is 10.0 Å². The molecule has 1 N–H and O–H groups in total. The molecular formula is C17H20N4O5S. The van der Waals surface area contributed by atoms with E-state index in [0.29, 0.717) is 36.2 Å². The highest BCUT2D eigenvalue weighted by molar-refractivity contribution is 7.92. The van der Waals surface area contributed by atoms with Crippen molar-refractivity contribution in [3.63, 3.8) is 0 Å². The van der Waals surface area contributed by atoms with Crippen molar-refractivity contribution in [1.29, 1.82) is 0 Å². The number of anilines is 2. The molecule has 0 atom stereocenters. The first-order chi connectivity index (χ1) is 13.1. The monoisotopic (exact) mass is 392 g/mol. The van der Waals surface area contributed by atoms with Crippen molar-refractivity contribution in [2.45, 2.75) is 17.7 Å². The van der Waals surface area contributed by atoms with Gasteiger partial charge in [-0.3, -0.25) is 4.72 Å². The van der Waals surface area contributed by atoms with Crippen LogP contribution in [0.15, 0.2) is 29.3 Å². The molecule has 2 aliphatic heterocycles. The summed E-state index contributed by atoms with van der Waals surface area (Å²) in [7, 11) is -2.38. The fraction of sp³-hybridized carbons (Fsp3) is 0.412. The van der Waals surface area contributed by atoms with Crippen LogP contribution in [0.5, 0.6) is 17.5 Å². The maximum Gasteiger partial charge on any atom is 0.318 e. The summed E-state index contributed by atoms with van der Waals surface area (Å²) in [5.41, 5.74) is 0.313. The minimum absolute atomic E-state index is 0.0786. The third-order valence-corrected chi connectivity index (χ3v) is 5.77. The number of methoxy groups -OCH3 is 1. The van der Waals surface area contributed by atoms with Crippen LogP contribution in [0.4, 0.5) is 11.5 Å². The number of rotatable bonds is 5. The zero-order chi connectivity index (χ0) is 18.9. The molecule has 1 fully saturated rings. The van der Waals surface area contributed by atoms with E-state index in [1.54, 1.807) is 6.07 Å². The lowest BCUT2D eigenvalue weighted by atomic mass is 10.3. The molecule has 10 heteroatoms. The van der Waals surface area contributed by atoms with E-state index in [1.165, 1.54) is 25.4 Å². The predicted octanol–water partition coefficient (Wildman–Crippen LogP) is 1.66. The van der Waals surface area contributed by atoms with Crippen LogP contribution < -0.4 is 23.8 Å². The van der Waals surface area contributed by atoms with E-state index >= 15 is 0 Å². The molecule has 1 saturated heterocycles. The van der Waals surface area contributed by atoms with E-state index in [4.69, 9.17) is 14.2 Å². The summed E-state index contributed by atoms with van der Waals surface area (Å²) in [4.78, 5) is 10.5. The Labute approximate surface area is 157 Å². The summed E-state index contributed by atoms with van der Waals surface area (Å²) < 4.78 is 44.4. The van der Waals surface area contributed by atoms with Gasteiger partial charge in [0.15, 0.2) is 17.3 Å². The van der Waals surface area contributed by atoms with Crippen LogP contribution in [-0.4, -0.2) is 51.8 Å². The molecule has 1 aromatic carbocycles. The minimum atomic E-state index is -3.85. The van der Waals surface area contributed by atoms with Crippen LogP contribution in [0, 0.1) is 0 Å². The largest absolute Gasteiger partial charge is 0.486 e. The molecule has 144 valence electrons. The van der Waals surface area contributed by atoms with Gasteiger partial charge in [-0.1, -0.05) is 0 Å². The summed E-state index contributed by atoms with van der Waals surface area (Å²) in [5.74, 6) is 1.46. The molecule has 9 nitrogen and oxygen atoms in total. The van der Waals surface area contributed by atoms with Gasteiger partial charge in [0, 0.05) is 19.2 Å². The standard InChI is InChI=1S/C17H20N4O5S/c1-24-17-18-11-13(16(19-17)21-6-2-3-7-21)20-27(22,23)12-4-5-14-15(10-12)26-9-8-25-14/h4-5,10-11,20H,2-3,6-9H2,1H3. The zero-order valence-corrected chi connectivity index (χ0v) is 15.7. The summed E-state index contributed by atoms with van der Waals surface area (Å²) >= 11 is 0. The topological polar surface area (TPSA) is 103 Å². The van der Waals surface area contributed by atoms with E-state index in [2.05, 4.69) is 14.7 Å². The van der Waals surface area contributed by atoms with Gasteiger partial charge in [0.1, 0.15) is 18.9 Å². The Morgan fingerprint density at radius 2 is 1.89 bits per heavy atom. The molecular weight excluding hydrogens is 372 g/mol. The molecule has 2 aliphatic rings. The molecule has 0 saturated carbocycles. The highest BCUT2D eigenvalue weighted by Gasteiger charge is 2.24. The van der Waals surface area contributed by atoms with Crippen LogP contribution in [0.1, 0.15) is 12.8 Å². The Morgan fingerprint density at radius 3 is 2.63 bits per heavy atom. The molecule has 0 bridgehead atoms. The number of hydrogen-bond donors (Lipinski definition) is 1. The average Bonchev–Trinajstić information content (AvgIpc) is 3.22. The van der Waals surface area contributed by atoms with Crippen LogP contribution in [0.2, 0.25) is 0 Å². The average molecular weight is 392 g/mol. The minimum Gasteiger partial charge on any atom is -0.486 e. The molecule has 0 amide bonds. The van der Waals surface area contributed by atoms with Crippen molar-refractivity contribution in [3.05, 3.63) is 24.4 Å². The number of hydrogen-bond acceptors (Lipinski definition) is 8. The maximum absolute atomic E-state index is 12.9. The van der Waals surface area contributed by atoms with Gasteiger partial charge >= 0.3 is 6.01 Å². The van der Waals surface area contributed by atoms with Crippen LogP contribution in [-0.2, 0) is 10.0 Å². The maximum atomic E-state index is 12.9. The van der Waals surface area contributed by atoms with Crippen molar-refractivity contribution in [2.24, 2.45) is 0 Å². The van der Waals surface area contributed by atoms with E-state index in [9.17, 15) is 8.42 Å². The van der Waals surface area contributed by atoms with Gasteiger partial charge in [-0.15, -0.1) is 0 Å². The van der Waals surface area contributed by atoms with Crippen molar-refractivity contribution < 1.29 is 22.6 Å². The first-order valence-electron chi connectivity index (χ1n) is 8.65. The lowest BCUT2D eigenvalue weighted by Crippen LogP contribution is -2.23. The number of nitrogens with one attached hydrogen (secondary N) is 1. The molecule has 1 aromatic heterocycles. The fourth-order valence-electron chi connectivity index (χ4n) is 3.09.